The van der Waals surface area contributed by atoms with E-state index in [-0.39, 0.29) is 0 Å². The summed E-state index contributed by atoms with van der Waals surface area (Å²) in [7, 11) is 0. The number of aliphatic hydroxyl groups excluding tert-OH is 1. The maximum Gasteiger partial charge on any atom is 0.0446 e. The van der Waals surface area contributed by atoms with Crippen LogP contribution in [0, 0.1) is 5.92 Å². The zero-order chi connectivity index (χ0) is 12.5. The molecule has 0 aromatic heterocycles. The third kappa shape index (κ3) is 5.84. The van der Waals surface area contributed by atoms with Crippen molar-refractivity contribution in [1.29, 1.82) is 0 Å². The summed E-state index contributed by atoms with van der Waals surface area (Å²) in [5.41, 5.74) is 0. The maximum atomic E-state index is 9.07. The standard InChI is InChI=1S/C14H30N2O/c1-3-13-6-5-9-16(10-7-13)12-14(8-11-17)15-4-2/h13-15,17H,3-12H2,1-2H3. The van der Waals surface area contributed by atoms with Gasteiger partial charge in [0.15, 0.2) is 0 Å². The van der Waals surface area contributed by atoms with Crippen molar-refractivity contribution in [3.63, 3.8) is 0 Å². The highest BCUT2D eigenvalue weighted by atomic mass is 16.3. The number of nitrogens with one attached hydrogen (secondary N) is 1. The summed E-state index contributed by atoms with van der Waals surface area (Å²) in [6.45, 7) is 9.33. The molecule has 1 aliphatic rings. The molecule has 2 N–H and O–H groups in total. The zero-order valence-corrected chi connectivity index (χ0v) is 11.6. The van der Waals surface area contributed by atoms with Gasteiger partial charge < -0.3 is 15.3 Å². The molecule has 0 radical (unpaired) electrons. The molecule has 1 rings (SSSR count). The number of aliphatic hydroxyl groups is 1. The van der Waals surface area contributed by atoms with E-state index in [4.69, 9.17) is 5.11 Å². The van der Waals surface area contributed by atoms with Crippen molar-refractivity contribution in [2.24, 2.45) is 5.92 Å². The monoisotopic (exact) mass is 242 g/mol. The van der Waals surface area contributed by atoms with Crippen LogP contribution < -0.4 is 5.32 Å². The molecule has 0 amide bonds. The van der Waals surface area contributed by atoms with Crippen molar-refractivity contribution >= 4 is 0 Å². The van der Waals surface area contributed by atoms with Gasteiger partial charge in [-0.3, -0.25) is 0 Å². The fourth-order valence-corrected chi connectivity index (χ4v) is 2.83. The highest BCUT2D eigenvalue weighted by molar-refractivity contribution is 4.75. The van der Waals surface area contributed by atoms with Gasteiger partial charge in [0.25, 0.3) is 0 Å². The third-order valence-electron chi connectivity index (χ3n) is 3.97. The first-order chi connectivity index (χ1) is 8.30. The fourth-order valence-electron chi connectivity index (χ4n) is 2.83. The van der Waals surface area contributed by atoms with Gasteiger partial charge >= 0.3 is 0 Å². The Morgan fingerprint density at radius 1 is 1.29 bits per heavy atom. The normalized spacial score (nSPS) is 24.5. The van der Waals surface area contributed by atoms with Gasteiger partial charge in [0, 0.05) is 19.2 Å². The van der Waals surface area contributed by atoms with Crippen LogP contribution in [0.2, 0.25) is 0 Å². The van der Waals surface area contributed by atoms with E-state index in [0.29, 0.717) is 12.6 Å². The first-order valence-corrected chi connectivity index (χ1v) is 7.36. The fraction of sp³-hybridized carbons (Fsp3) is 1.00. The Hall–Kier alpha value is -0.120. The molecule has 0 aromatic rings. The molecule has 2 atom stereocenters. The second-order valence-electron chi connectivity index (χ2n) is 5.27. The van der Waals surface area contributed by atoms with Crippen molar-refractivity contribution in [3.05, 3.63) is 0 Å². The summed E-state index contributed by atoms with van der Waals surface area (Å²) >= 11 is 0. The number of likely N-dealkylation sites (N-methyl/N-ethyl adjacent to an activating group) is 1. The quantitative estimate of drug-likeness (QED) is 0.715. The molecule has 1 heterocycles. The lowest BCUT2D eigenvalue weighted by Gasteiger charge is -2.26. The molecule has 0 aliphatic carbocycles. The van der Waals surface area contributed by atoms with Crippen LogP contribution in [-0.2, 0) is 0 Å². The predicted octanol–water partition coefficient (Wildman–Crippen LogP) is 1.86. The van der Waals surface area contributed by atoms with Gasteiger partial charge in [-0.15, -0.1) is 0 Å². The van der Waals surface area contributed by atoms with Crippen molar-refractivity contribution in [2.45, 2.75) is 52.0 Å². The molecule has 1 fully saturated rings. The SMILES string of the molecule is CCNC(CCO)CN1CCCC(CC)CC1. The van der Waals surface area contributed by atoms with Crippen LogP contribution in [0.25, 0.3) is 0 Å². The number of likely N-dealkylation sites (tertiary alicyclic amines) is 1. The highest BCUT2D eigenvalue weighted by Gasteiger charge is 2.18. The number of nitrogens with zero attached hydrogens (tertiary/aromatic N) is 1. The van der Waals surface area contributed by atoms with Crippen LogP contribution in [0.1, 0.15) is 46.0 Å². The van der Waals surface area contributed by atoms with E-state index in [1.165, 1.54) is 38.8 Å². The molecular weight excluding hydrogens is 212 g/mol. The molecule has 2 unspecified atom stereocenters. The summed E-state index contributed by atoms with van der Waals surface area (Å²) in [4.78, 5) is 2.58. The Morgan fingerprint density at radius 3 is 2.76 bits per heavy atom. The predicted molar refractivity (Wildman–Crippen MR) is 73.2 cm³/mol. The number of hydrogen-bond acceptors (Lipinski definition) is 3. The van der Waals surface area contributed by atoms with Crippen molar-refractivity contribution in [1.82, 2.24) is 10.2 Å². The van der Waals surface area contributed by atoms with Gasteiger partial charge in [0.1, 0.15) is 0 Å². The van der Waals surface area contributed by atoms with Gasteiger partial charge in [-0.1, -0.05) is 20.3 Å². The Bertz CT molecular complexity index is 181. The Kier molecular flexibility index (Phi) is 7.82. The van der Waals surface area contributed by atoms with E-state index in [9.17, 15) is 0 Å². The Morgan fingerprint density at radius 2 is 2.12 bits per heavy atom. The summed E-state index contributed by atoms with van der Waals surface area (Å²) in [6, 6.07) is 0.461. The minimum absolute atomic E-state index is 0.295. The lowest BCUT2D eigenvalue weighted by atomic mass is 9.98. The first kappa shape index (κ1) is 14.9. The molecular formula is C14H30N2O. The first-order valence-electron chi connectivity index (χ1n) is 7.36. The molecule has 0 aromatic carbocycles. The second-order valence-corrected chi connectivity index (χ2v) is 5.27. The third-order valence-corrected chi connectivity index (χ3v) is 3.97. The maximum absolute atomic E-state index is 9.07. The van der Waals surface area contributed by atoms with E-state index in [0.717, 1.165) is 25.4 Å². The molecule has 0 bridgehead atoms. The van der Waals surface area contributed by atoms with Crippen LogP contribution in [0.5, 0.6) is 0 Å². The lowest BCUT2D eigenvalue weighted by Crippen LogP contribution is -2.42. The minimum Gasteiger partial charge on any atom is -0.396 e. The number of rotatable bonds is 7. The topological polar surface area (TPSA) is 35.5 Å². The highest BCUT2D eigenvalue weighted by Crippen LogP contribution is 2.20. The van der Waals surface area contributed by atoms with E-state index >= 15 is 0 Å². The molecule has 1 aliphatic heterocycles. The lowest BCUT2D eigenvalue weighted by molar-refractivity contribution is 0.211. The molecule has 102 valence electrons. The smallest absolute Gasteiger partial charge is 0.0446 e. The van der Waals surface area contributed by atoms with Crippen molar-refractivity contribution in [3.8, 4) is 0 Å². The van der Waals surface area contributed by atoms with Gasteiger partial charge in [-0.05, 0) is 51.2 Å². The van der Waals surface area contributed by atoms with E-state index < -0.39 is 0 Å². The summed E-state index contributed by atoms with van der Waals surface area (Å²) in [5.74, 6) is 0.940. The molecule has 17 heavy (non-hydrogen) atoms. The molecule has 3 nitrogen and oxygen atoms in total. The molecule has 0 saturated carbocycles. The van der Waals surface area contributed by atoms with Gasteiger partial charge in [-0.25, -0.2) is 0 Å². The average molecular weight is 242 g/mol. The molecule has 0 spiro atoms. The van der Waals surface area contributed by atoms with Crippen LogP contribution in [0.15, 0.2) is 0 Å². The summed E-state index contributed by atoms with van der Waals surface area (Å²) in [5, 5.41) is 12.5. The summed E-state index contributed by atoms with van der Waals surface area (Å²) < 4.78 is 0. The van der Waals surface area contributed by atoms with Crippen LogP contribution in [0.3, 0.4) is 0 Å². The minimum atomic E-state index is 0.295. The van der Waals surface area contributed by atoms with Crippen molar-refractivity contribution < 1.29 is 5.11 Å². The molecule has 1 saturated heterocycles. The Labute approximate surface area is 107 Å². The van der Waals surface area contributed by atoms with Gasteiger partial charge in [0.2, 0.25) is 0 Å². The summed E-state index contributed by atoms with van der Waals surface area (Å²) in [6.07, 6.45) is 6.31. The van der Waals surface area contributed by atoms with E-state index in [1.54, 1.807) is 0 Å². The van der Waals surface area contributed by atoms with Crippen LogP contribution in [-0.4, -0.2) is 48.8 Å². The molecule has 3 heteroatoms. The zero-order valence-electron chi connectivity index (χ0n) is 11.6. The van der Waals surface area contributed by atoms with E-state index in [2.05, 4.69) is 24.1 Å². The van der Waals surface area contributed by atoms with Crippen LogP contribution >= 0.6 is 0 Å². The van der Waals surface area contributed by atoms with E-state index in [1.807, 2.05) is 0 Å². The van der Waals surface area contributed by atoms with Gasteiger partial charge in [0.05, 0.1) is 0 Å². The largest absolute Gasteiger partial charge is 0.396 e. The van der Waals surface area contributed by atoms with Gasteiger partial charge in [-0.2, -0.15) is 0 Å². The van der Waals surface area contributed by atoms with Crippen LogP contribution in [0.4, 0.5) is 0 Å². The van der Waals surface area contributed by atoms with Crippen molar-refractivity contribution in [2.75, 3.05) is 32.8 Å². The Balaban J connectivity index is 2.32. The number of hydrogen-bond donors (Lipinski definition) is 2. The average Bonchev–Trinajstić information content (AvgIpc) is 2.55. The second kappa shape index (κ2) is 8.90.